The van der Waals surface area contributed by atoms with Crippen molar-refractivity contribution >= 4 is 0 Å². The topological polar surface area (TPSA) is 58.5 Å². The zero-order valence-corrected chi connectivity index (χ0v) is 12.2. The third-order valence-electron chi connectivity index (χ3n) is 3.63. The fourth-order valence-electron chi connectivity index (χ4n) is 2.41. The minimum absolute atomic E-state index is 0.184. The van der Waals surface area contributed by atoms with Crippen LogP contribution in [0.25, 0.3) is 5.69 Å². The number of H-pyrrole nitrogens is 1. The summed E-state index contributed by atoms with van der Waals surface area (Å²) < 4.78 is 1.99. The zero-order chi connectivity index (χ0) is 14.7. The monoisotopic (exact) mass is 281 g/mol. The molecule has 2 aromatic heterocycles. The van der Waals surface area contributed by atoms with Crippen molar-refractivity contribution in [3.63, 3.8) is 0 Å². The van der Waals surface area contributed by atoms with Crippen molar-refractivity contribution in [2.24, 2.45) is 0 Å². The number of benzene rings is 1. The van der Waals surface area contributed by atoms with Crippen LogP contribution in [0.15, 0.2) is 55.4 Å². The lowest BCUT2D eigenvalue weighted by molar-refractivity contribution is 0.479. The predicted molar refractivity (Wildman–Crippen MR) is 82.1 cm³/mol. The van der Waals surface area contributed by atoms with Crippen LogP contribution >= 0.6 is 0 Å². The molecular weight excluding hydrogens is 262 g/mol. The van der Waals surface area contributed by atoms with Gasteiger partial charge in [-0.05, 0) is 31.5 Å². The Bertz CT molecular complexity index is 655. The molecule has 5 heteroatoms. The van der Waals surface area contributed by atoms with E-state index >= 15 is 0 Å². The van der Waals surface area contributed by atoms with Crippen molar-refractivity contribution in [3.05, 3.63) is 66.8 Å². The molecule has 3 aromatic rings. The Labute approximate surface area is 124 Å². The Balaban J connectivity index is 1.69. The summed E-state index contributed by atoms with van der Waals surface area (Å²) in [4.78, 5) is 11.5. The zero-order valence-electron chi connectivity index (χ0n) is 12.2. The van der Waals surface area contributed by atoms with Gasteiger partial charge in [0, 0.05) is 36.5 Å². The smallest absolute Gasteiger partial charge is 0.122 e. The number of aromatic nitrogens is 4. The molecule has 0 spiro atoms. The first-order valence-corrected chi connectivity index (χ1v) is 7.07. The Morgan fingerprint density at radius 3 is 2.52 bits per heavy atom. The summed E-state index contributed by atoms with van der Waals surface area (Å²) in [7, 11) is 0. The Kier molecular flexibility index (Phi) is 3.83. The highest BCUT2D eigenvalue weighted by molar-refractivity contribution is 5.35. The first kappa shape index (κ1) is 13.6. The Morgan fingerprint density at radius 2 is 1.90 bits per heavy atom. The second-order valence-electron chi connectivity index (χ2n) is 5.15. The summed E-state index contributed by atoms with van der Waals surface area (Å²) in [6.45, 7) is 4.26. The highest BCUT2D eigenvalue weighted by Gasteiger charge is 2.12. The van der Waals surface area contributed by atoms with Gasteiger partial charge in [-0.3, -0.25) is 0 Å². The fourth-order valence-corrected chi connectivity index (χ4v) is 2.41. The van der Waals surface area contributed by atoms with E-state index in [2.05, 4.69) is 58.4 Å². The van der Waals surface area contributed by atoms with E-state index < -0.39 is 0 Å². The molecule has 0 radical (unpaired) electrons. The van der Waals surface area contributed by atoms with E-state index in [-0.39, 0.29) is 12.1 Å². The maximum atomic E-state index is 4.28. The summed E-state index contributed by atoms with van der Waals surface area (Å²) in [5.74, 6) is 0.955. The van der Waals surface area contributed by atoms with Gasteiger partial charge in [0.05, 0.1) is 12.4 Å². The van der Waals surface area contributed by atoms with Crippen LogP contribution in [0.4, 0.5) is 0 Å². The molecule has 2 heterocycles. The quantitative estimate of drug-likeness (QED) is 0.756. The lowest BCUT2D eigenvalue weighted by Crippen LogP contribution is -2.23. The van der Waals surface area contributed by atoms with Crippen molar-refractivity contribution in [1.82, 2.24) is 24.8 Å². The van der Waals surface area contributed by atoms with Crippen molar-refractivity contribution in [2.75, 3.05) is 0 Å². The second kappa shape index (κ2) is 5.93. The van der Waals surface area contributed by atoms with Crippen LogP contribution in [0, 0.1) is 0 Å². The highest BCUT2D eigenvalue weighted by Crippen LogP contribution is 2.19. The van der Waals surface area contributed by atoms with Gasteiger partial charge in [0.2, 0.25) is 0 Å². The lowest BCUT2D eigenvalue weighted by Gasteiger charge is -2.19. The number of nitrogens with one attached hydrogen (secondary N) is 2. The fraction of sp³-hybridized carbons (Fsp3) is 0.250. The van der Waals surface area contributed by atoms with E-state index in [9.17, 15) is 0 Å². The predicted octanol–water partition coefficient (Wildman–Crippen LogP) is 3.01. The summed E-state index contributed by atoms with van der Waals surface area (Å²) in [5, 5.41) is 3.54. The number of nitrogens with zero attached hydrogens (tertiary/aromatic N) is 3. The molecule has 0 aliphatic heterocycles. The van der Waals surface area contributed by atoms with Gasteiger partial charge in [0.1, 0.15) is 5.82 Å². The molecule has 0 fully saturated rings. The molecule has 108 valence electrons. The molecule has 5 nitrogen and oxygen atoms in total. The first-order valence-electron chi connectivity index (χ1n) is 7.07. The maximum Gasteiger partial charge on any atom is 0.122 e. The SMILES string of the molecule is CC(NC(C)c1ncc[nH]1)c1ccc(-n2ccnc2)cc1. The Morgan fingerprint density at radius 1 is 1.10 bits per heavy atom. The van der Waals surface area contributed by atoms with Gasteiger partial charge < -0.3 is 14.9 Å². The van der Waals surface area contributed by atoms with Crippen molar-refractivity contribution < 1.29 is 0 Å². The summed E-state index contributed by atoms with van der Waals surface area (Å²) in [6.07, 6.45) is 9.14. The van der Waals surface area contributed by atoms with Crippen LogP contribution in [-0.4, -0.2) is 19.5 Å². The van der Waals surface area contributed by atoms with Crippen LogP contribution < -0.4 is 5.32 Å². The van der Waals surface area contributed by atoms with Crippen molar-refractivity contribution in [3.8, 4) is 5.69 Å². The minimum atomic E-state index is 0.184. The van der Waals surface area contributed by atoms with Crippen molar-refractivity contribution in [1.29, 1.82) is 0 Å². The summed E-state index contributed by atoms with van der Waals surface area (Å²) in [6, 6.07) is 8.92. The maximum absolute atomic E-state index is 4.28. The molecule has 2 unspecified atom stereocenters. The molecule has 0 bridgehead atoms. The molecule has 0 saturated carbocycles. The Hall–Kier alpha value is -2.40. The average molecular weight is 281 g/mol. The number of aromatic amines is 1. The highest BCUT2D eigenvalue weighted by atomic mass is 15.0. The molecule has 0 amide bonds. The number of rotatable bonds is 5. The molecule has 2 N–H and O–H groups in total. The molecular formula is C16H19N5. The number of hydrogen-bond donors (Lipinski definition) is 2. The summed E-state index contributed by atoms with van der Waals surface area (Å²) in [5.41, 5.74) is 2.36. The van der Waals surface area contributed by atoms with Crippen LogP contribution in [0.1, 0.15) is 37.3 Å². The van der Waals surface area contributed by atoms with Crippen LogP contribution in [0.2, 0.25) is 0 Å². The molecule has 3 rings (SSSR count). The van der Waals surface area contributed by atoms with Gasteiger partial charge in [-0.25, -0.2) is 9.97 Å². The van der Waals surface area contributed by atoms with Crippen molar-refractivity contribution in [2.45, 2.75) is 25.9 Å². The van der Waals surface area contributed by atoms with Gasteiger partial charge >= 0.3 is 0 Å². The molecule has 2 atom stereocenters. The van der Waals surface area contributed by atoms with Crippen LogP contribution in [0.3, 0.4) is 0 Å². The van der Waals surface area contributed by atoms with Gasteiger partial charge in [0.15, 0.2) is 0 Å². The number of imidazole rings is 2. The van der Waals surface area contributed by atoms with E-state index in [1.807, 2.05) is 17.0 Å². The number of hydrogen-bond acceptors (Lipinski definition) is 3. The third-order valence-corrected chi connectivity index (χ3v) is 3.63. The van der Waals surface area contributed by atoms with E-state index in [0.29, 0.717) is 0 Å². The molecule has 0 aliphatic rings. The minimum Gasteiger partial charge on any atom is -0.347 e. The average Bonchev–Trinajstić information content (AvgIpc) is 3.20. The van der Waals surface area contributed by atoms with Gasteiger partial charge in [0.25, 0.3) is 0 Å². The van der Waals surface area contributed by atoms with Crippen LogP contribution in [0.5, 0.6) is 0 Å². The van der Waals surface area contributed by atoms with E-state index in [1.165, 1.54) is 5.56 Å². The van der Waals surface area contributed by atoms with Gasteiger partial charge in [-0.1, -0.05) is 12.1 Å². The van der Waals surface area contributed by atoms with Gasteiger partial charge in [-0.15, -0.1) is 0 Å². The third kappa shape index (κ3) is 3.03. The normalized spacial score (nSPS) is 14.0. The van der Waals surface area contributed by atoms with Gasteiger partial charge in [-0.2, -0.15) is 0 Å². The standard InChI is InChI=1S/C16H19N5/c1-12(20-13(2)16-18-7-8-19-16)14-3-5-15(6-4-14)21-10-9-17-11-21/h3-13,20H,1-2H3,(H,18,19). The lowest BCUT2D eigenvalue weighted by atomic mass is 10.1. The summed E-state index contributed by atoms with van der Waals surface area (Å²) >= 11 is 0. The van der Waals surface area contributed by atoms with Crippen LogP contribution in [-0.2, 0) is 0 Å². The van der Waals surface area contributed by atoms with E-state index in [0.717, 1.165) is 11.5 Å². The second-order valence-corrected chi connectivity index (χ2v) is 5.15. The van der Waals surface area contributed by atoms with E-state index in [4.69, 9.17) is 0 Å². The molecule has 0 aliphatic carbocycles. The first-order chi connectivity index (χ1) is 10.2. The van der Waals surface area contributed by atoms with E-state index in [1.54, 1.807) is 18.7 Å². The molecule has 1 aromatic carbocycles. The molecule has 21 heavy (non-hydrogen) atoms. The molecule has 0 saturated heterocycles. The largest absolute Gasteiger partial charge is 0.347 e.